The second-order valence-corrected chi connectivity index (χ2v) is 4.51. The topological polar surface area (TPSA) is 129 Å². The second-order valence-electron chi connectivity index (χ2n) is 4.51. The molecule has 1 aliphatic rings. The fourth-order valence-corrected chi connectivity index (χ4v) is 1.83. The highest BCUT2D eigenvalue weighted by atomic mass is 16.7. The van der Waals surface area contributed by atoms with Crippen molar-refractivity contribution in [3.8, 4) is 0 Å². The van der Waals surface area contributed by atoms with Crippen LogP contribution < -0.4 is 0 Å². The second kappa shape index (κ2) is 7.34. The van der Waals surface area contributed by atoms with Gasteiger partial charge in [-0.15, -0.1) is 0 Å². The molecule has 0 aromatic carbocycles. The van der Waals surface area contributed by atoms with Crippen LogP contribution >= 0.6 is 0 Å². The minimum Gasteiger partial charge on any atom is -0.463 e. The molecule has 0 aromatic rings. The fourth-order valence-electron chi connectivity index (χ4n) is 1.83. The van der Waals surface area contributed by atoms with Crippen LogP contribution in [0.25, 0.3) is 0 Å². The van der Waals surface area contributed by atoms with E-state index in [2.05, 4.69) is 0 Å². The highest BCUT2D eigenvalue weighted by Crippen LogP contribution is 2.25. The predicted molar refractivity (Wildman–Crippen MR) is 64.6 cm³/mol. The molecule has 0 aliphatic carbocycles. The van der Waals surface area contributed by atoms with Crippen molar-refractivity contribution >= 4 is 17.9 Å². The molecule has 0 aromatic heterocycles. The average molecular weight is 306 g/mol. The lowest BCUT2D eigenvalue weighted by atomic mass is 9.99. The van der Waals surface area contributed by atoms with Crippen LogP contribution in [0.3, 0.4) is 0 Å². The zero-order chi connectivity index (χ0) is 16.2. The SMILES string of the molecule is CC(=O)OC[C@@H]1OC(OC(C)=O)[C@@H](O)[C@@H](OC(C)=O)[C@@H]1O. The summed E-state index contributed by atoms with van der Waals surface area (Å²) in [5.74, 6) is -2.08. The van der Waals surface area contributed by atoms with Gasteiger partial charge in [-0.3, -0.25) is 14.4 Å². The smallest absolute Gasteiger partial charge is 0.305 e. The molecular weight excluding hydrogens is 288 g/mol. The predicted octanol–water partition coefficient (Wildman–Crippen LogP) is -1.51. The molecule has 0 radical (unpaired) electrons. The maximum Gasteiger partial charge on any atom is 0.305 e. The van der Waals surface area contributed by atoms with Gasteiger partial charge in [0, 0.05) is 20.8 Å². The Morgan fingerprint density at radius 1 is 0.952 bits per heavy atom. The van der Waals surface area contributed by atoms with Crippen molar-refractivity contribution in [2.24, 2.45) is 0 Å². The highest BCUT2D eigenvalue weighted by Gasteiger charge is 2.48. The molecule has 1 heterocycles. The minimum absolute atomic E-state index is 0.348. The van der Waals surface area contributed by atoms with Gasteiger partial charge in [0.05, 0.1) is 0 Å². The van der Waals surface area contributed by atoms with E-state index in [1.54, 1.807) is 0 Å². The van der Waals surface area contributed by atoms with E-state index in [-0.39, 0.29) is 6.61 Å². The molecule has 120 valence electrons. The van der Waals surface area contributed by atoms with Crippen molar-refractivity contribution in [1.82, 2.24) is 0 Å². The summed E-state index contributed by atoms with van der Waals surface area (Å²) in [5.41, 5.74) is 0. The average Bonchev–Trinajstić information content (AvgIpc) is 2.35. The Kier molecular flexibility index (Phi) is 6.06. The normalized spacial score (nSPS) is 32.1. The molecule has 0 saturated carbocycles. The number of rotatable bonds is 4. The zero-order valence-electron chi connectivity index (χ0n) is 11.8. The maximum absolute atomic E-state index is 11.0. The van der Waals surface area contributed by atoms with Gasteiger partial charge >= 0.3 is 17.9 Å². The molecule has 0 bridgehead atoms. The van der Waals surface area contributed by atoms with Gasteiger partial charge in [0.15, 0.2) is 12.2 Å². The monoisotopic (exact) mass is 306 g/mol. The van der Waals surface area contributed by atoms with Gasteiger partial charge in [-0.05, 0) is 0 Å². The van der Waals surface area contributed by atoms with Gasteiger partial charge in [-0.2, -0.15) is 0 Å². The first kappa shape index (κ1) is 17.3. The first-order valence-electron chi connectivity index (χ1n) is 6.21. The van der Waals surface area contributed by atoms with Gasteiger partial charge in [0.25, 0.3) is 0 Å². The van der Waals surface area contributed by atoms with Gasteiger partial charge in [0.2, 0.25) is 6.29 Å². The lowest BCUT2D eigenvalue weighted by molar-refractivity contribution is -0.295. The summed E-state index contributed by atoms with van der Waals surface area (Å²) in [7, 11) is 0. The van der Waals surface area contributed by atoms with Crippen LogP contribution in [-0.2, 0) is 33.3 Å². The molecule has 5 atom stereocenters. The van der Waals surface area contributed by atoms with E-state index in [9.17, 15) is 24.6 Å². The number of esters is 3. The molecule has 1 unspecified atom stereocenters. The third-order valence-corrected chi connectivity index (χ3v) is 2.68. The highest BCUT2D eigenvalue weighted by molar-refractivity contribution is 5.67. The van der Waals surface area contributed by atoms with Crippen LogP contribution in [0.5, 0.6) is 0 Å². The van der Waals surface area contributed by atoms with Crippen LogP contribution in [-0.4, -0.2) is 65.4 Å². The van der Waals surface area contributed by atoms with Crippen molar-refractivity contribution < 1.29 is 43.5 Å². The molecular formula is C12H18O9. The van der Waals surface area contributed by atoms with Crippen molar-refractivity contribution in [3.63, 3.8) is 0 Å². The molecule has 21 heavy (non-hydrogen) atoms. The Hall–Kier alpha value is -1.71. The van der Waals surface area contributed by atoms with Crippen LogP contribution in [0.4, 0.5) is 0 Å². The summed E-state index contributed by atoms with van der Waals surface area (Å²) in [4.78, 5) is 32.8. The minimum atomic E-state index is -1.57. The van der Waals surface area contributed by atoms with Crippen LogP contribution in [0, 0.1) is 0 Å². The quantitative estimate of drug-likeness (QED) is 0.470. The molecule has 2 N–H and O–H groups in total. The van der Waals surface area contributed by atoms with E-state index in [0.29, 0.717) is 0 Å². The van der Waals surface area contributed by atoms with E-state index in [1.807, 2.05) is 0 Å². The Morgan fingerprint density at radius 3 is 2.00 bits per heavy atom. The molecule has 9 nitrogen and oxygen atoms in total. The third kappa shape index (κ3) is 4.96. The number of aliphatic hydroxyl groups is 2. The first-order valence-corrected chi connectivity index (χ1v) is 6.21. The van der Waals surface area contributed by atoms with Gasteiger partial charge in [0.1, 0.15) is 18.8 Å². The van der Waals surface area contributed by atoms with Crippen molar-refractivity contribution in [2.75, 3.05) is 6.61 Å². The third-order valence-electron chi connectivity index (χ3n) is 2.68. The Bertz CT molecular complexity index is 408. The molecule has 1 fully saturated rings. The Morgan fingerprint density at radius 2 is 1.52 bits per heavy atom. The number of aliphatic hydroxyl groups excluding tert-OH is 2. The number of hydrogen-bond acceptors (Lipinski definition) is 9. The zero-order valence-corrected chi connectivity index (χ0v) is 11.8. The van der Waals surface area contributed by atoms with Crippen molar-refractivity contribution in [3.05, 3.63) is 0 Å². The van der Waals surface area contributed by atoms with Crippen molar-refractivity contribution in [1.29, 1.82) is 0 Å². The summed E-state index contributed by atoms with van der Waals surface area (Å²) < 4.78 is 19.4. The summed E-state index contributed by atoms with van der Waals surface area (Å²) in [6, 6.07) is 0. The van der Waals surface area contributed by atoms with Gasteiger partial charge < -0.3 is 29.2 Å². The fraction of sp³-hybridized carbons (Fsp3) is 0.750. The largest absolute Gasteiger partial charge is 0.463 e. The summed E-state index contributed by atoms with van der Waals surface area (Å²) in [6.45, 7) is 3.01. The van der Waals surface area contributed by atoms with E-state index < -0.39 is 48.6 Å². The maximum atomic E-state index is 11.0. The van der Waals surface area contributed by atoms with E-state index in [4.69, 9.17) is 18.9 Å². The summed E-state index contributed by atoms with van der Waals surface area (Å²) >= 11 is 0. The standard InChI is InChI=1S/C12H18O9/c1-5(13)18-4-8-9(16)11(19-6(2)14)10(17)12(21-8)20-7(3)15/h8-12,16-17H,4H2,1-3H3/t8-,9+,10-,11-,12?/m0/s1. The number of carbonyl (C=O) groups is 3. The van der Waals surface area contributed by atoms with Crippen LogP contribution in [0.2, 0.25) is 0 Å². The number of hydrogen-bond donors (Lipinski definition) is 2. The molecule has 1 aliphatic heterocycles. The lowest BCUT2D eigenvalue weighted by Gasteiger charge is -2.40. The summed E-state index contributed by atoms with van der Waals surface area (Å²) in [5, 5.41) is 20.0. The Balaban J connectivity index is 2.86. The summed E-state index contributed by atoms with van der Waals surface area (Å²) in [6.07, 6.45) is -6.96. The Labute approximate surface area is 120 Å². The van der Waals surface area contributed by atoms with E-state index in [0.717, 1.165) is 20.8 Å². The van der Waals surface area contributed by atoms with E-state index in [1.165, 1.54) is 0 Å². The van der Waals surface area contributed by atoms with Crippen molar-refractivity contribution in [2.45, 2.75) is 51.5 Å². The number of carbonyl (C=O) groups excluding carboxylic acids is 3. The number of ether oxygens (including phenoxy) is 4. The molecule has 0 spiro atoms. The lowest BCUT2D eigenvalue weighted by Crippen LogP contribution is -2.60. The molecule has 1 rings (SSSR count). The molecule has 1 saturated heterocycles. The van der Waals surface area contributed by atoms with E-state index >= 15 is 0 Å². The van der Waals surface area contributed by atoms with Crippen LogP contribution in [0.15, 0.2) is 0 Å². The van der Waals surface area contributed by atoms with Gasteiger partial charge in [-0.1, -0.05) is 0 Å². The first-order chi connectivity index (χ1) is 9.72. The van der Waals surface area contributed by atoms with Crippen LogP contribution in [0.1, 0.15) is 20.8 Å². The molecule has 0 amide bonds. The molecule has 9 heteroatoms. The van der Waals surface area contributed by atoms with Gasteiger partial charge in [-0.25, -0.2) is 0 Å².